The highest BCUT2D eigenvalue weighted by Gasteiger charge is 2.22. The van der Waals surface area contributed by atoms with Crippen LogP contribution in [0.4, 0.5) is 5.13 Å². The van der Waals surface area contributed by atoms with E-state index in [0.29, 0.717) is 17.3 Å². The highest BCUT2D eigenvalue weighted by molar-refractivity contribution is 7.22. The van der Waals surface area contributed by atoms with Crippen molar-refractivity contribution in [3.63, 3.8) is 0 Å². The molecule has 0 aliphatic carbocycles. The predicted molar refractivity (Wildman–Crippen MR) is 130 cm³/mol. The summed E-state index contributed by atoms with van der Waals surface area (Å²) in [6, 6.07) is 7.99. The van der Waals surface area contributed by atoms with Crippen molar-refractivity contribution in [1.82, 2.24) is 9.88 Å². The molecule has 0 bridgehead atoms. The van der Waals surface area contributed by atoms with Gasteiger partial charge in [-0.25, -0.2) is 4.98 Å². The number of thiazole rings is 1. The molecule has 3 rings (SSSR count). The Kier molecular flexibility index (Phi) is 8.91. The molecule has 4 nitrogen and oxygen atoms in total. The second-order valence-corrected chi connectivity index (χ2v) is 9.61. The number of hydrogen-bond donors (Lipinski definition) is 0. The van der Waals surface area contributed by atoms with Gasteiger partial charge in [-0.05, 0) is 50.2 Å². The molecule has 1 aromatic carbocycles. The number of fused-ring (bicyclic) bond motifs is 1. The van der Waals surface area contributed by atoms with E-state index in [1.807, 2.05) is 17.0 Å². The van der Waals surface area contributed by atoms with Crippen LogP contribution in [-0.2, 0) is 11.2 Å². The van der Waals surface area contributed by atoms with E-state index in [-0.39, 0.29) is 18.3 Å². The third-order valence-electron chi connectivity index (χ3n) is 4.95. The third kappa shape index (κ3) is 5.70. The number of nitrogens with zero attached hydrogens (tertiary/aromatic N) is 3. The van der Waals surface area contributed by atoms with Crippen molar-refractivity contribution in [2.24, 2.45) is 0 Å². The molecule has 0 spiro atoms. The van der Waals surface area contributed by atoms with Gasteiger partial charge in [0.2, 0.25) is 5.91 Å². The number of rotatable bonds is 8. The number of carbonyl (C=O) groups excluding carboxylic acids is 1. The first-order chi connectivity index (χ1) is 13.4. The SMILES string of the molecule is CCN(CC)CCN(C(=O)Cc1ccc(Cl)s1)c1nc2c(C)ccc(C)c2s1.Cl. The van der Waals surface area contributed by atoms with Gasteiger partial charge < -0.3 is 4.90 Å². The average Bonchev–Trinajstić information content (AvgIpc) is 3.29. The Bertz CT molecular complexity index is 927. The van der Waals surface area contributed by atoms with Gasteiger partial charge in [-0.3, -0.25) is 9.69 Å². The minimum Gasteiger partial charge on any atom is -0.302 e. The van der Waals surface area contributed by atoms with Crippen LogP contribution in [0.1, 0.15) is 29.9 Å². The third-order valence-corrected chi connectivity index (χ3v) is 7.40. The molecule has 0 saturated carbocycles. The molecule has 0 radical (unpaired) electrons. The van der Waals surface area contributed by atoms with Crippen LogP contribution in [0.3, 0.4) is 0 Å². The molecule has 2 aromatic heterocycles. The molecule has 0 fully saturated rings. The summed E-state index contributed by atoms with van der Waals surface area (Å²) in [5.41, 5.74) is 3.34. The Morgan fingerprint density at radius 3 is 2.31 bits per heavy atom. The summed E-state index contributed by atoms with van der Waals surface area (Å²) in [4.78, 5) is 23.2. The normalized spacial score (nSPS) is 11.1. The number of halogens is 2. The van der Waals surface area contributed by atoms with E-state index in [9.17, 15) is 4.79 Å². The molecule has 0 aliphatic heterocycles. The highest BCUT2D eigenvalue weighted by atomic mass is 35.5. The van der Waals surface area contributed by atoms with Gasteiger partial charge >= 0.3 is 0 Å². The number of likely N-dealkylation sites (N-methyl/N-ethyl adjacent to an activating group) is 1. The first-order valence-corrected chi connectivity index (χ1v) is 11.6. The summed E-state index contributed by atoms with van der Waals surface area (Å²) in [5.74, 6) is 0.0695. The lowest BCUT2D eigenvalue weighted by molar-refractivity contribution is -0.118. The van der Waals surface area contributed by atoms with E-state index < -0.39 is 0 Å². The monoisotopic (exact) mass is 471 g/mol. The lowest BCUT2D eigenvalue weighted by Crippen LogP contribution is -2.39. The number of carbonyl (C=O) groups is 1. The van der Waals surface area contributed by atoms with Crippen LogP contribution in [-0.4, -0.2) is 42.0 Å². The van der Waals surface area contributed by atoms with E-state index in [1.54, 1.807) is 11.3 Å². The van der Waals surface area contributed by atoms with Gasteiger partial charge in [0.1, 0.15) is 0 Å². The van der Waals surface area contributed by atoms with E-state index in [0.717, 1.165) is 45.4 Å². The number of aryl methyl sites for hydroxylation is 2. The Morgan fingerprint density at radius 2 is 1.72 bits per heavy atom. The zero-order chi connectivity index (χ0) is 20.3. The highest BCUT2D eigenvalue weighted by Crippen LogP contribution is 2.33. The first-order valence-electron chi connectivity index (χ1n) is 9.56. The maximum absolute atomic E-state index is 13.2. The molecule has 0 aliphatic rings. The topological polar surface area (TPSA) is 36.4 Å². The molecule has 0 N–H and O–H groups in total. The Morgan fingerprint density at radius 1 is 1.03 bits per heavy atom. The molecule has 29 heavy (non-hydrogen) atoms. The van der Waals surface area contributed by atoms with Crippen molar-refractivity contribution in [3.8, 4) is 0 Å². The van der Waals surface area contributed by atoms with Crippen molar-refractivity contribution in [2.45, 2.75) is 34.1 Å². The van der Waals surface area contributed by atoms with Gasteiger partial charge in [0, 0.05) is 18.0 Å². The van der Waals surface area contributed by atoms with Crippen LogP contribution in [0.25, 0.3) is 10.2 Å². The van der Waals surface area contributed by atoms with Gasteiger partial charge in [-0.2, -0.15) is 0 Å². The summed E-state index contributed by atoms with van der Waals surface area (Å²) in [5, 5.41) is 0.784. The van der Waals surface area contributed by atoms with Gasteiger partial charge in [0.15, 0.2) is 5.13 Å². The van der Waals surface area contributed by atoms with Crippen LogP contribution in [0.5, 0.6) is 0 Å². The Hall–Kier alpha value is -1.18. The number of benzene rings is 1. The summed E-state index contributed by atoms with van der Waals surface area (Å²) in [6.07, 6.45) is 0.351. The van der Waals surface area contributed by atoms with E-state index in [4.69, 9.17) is 16.6 Å². The quantitative estimate of drug-likeness (QED) is 0.406. The van der Waals surface area contributed by atoms with Crippen molar-refractivity contribution < 1.29 is 4.79 Å². The molecule has 0 atom stereocenters. The zero-order valence-corrected chi connectivity index (χ0v) is 20.4. The maximum atomic E-state index is 13.2. The molecule has 8 heteroatoms. The van der Waals surface area contributed by atoms with Crippen LogP contribution >= 0.6 is 46.7 Å². The van der Waals surface area contributed by atoms with Gasteiger partial charge in [0.05, 0.1) is 21.0 Å². The van der Waals surface area contributed by atoms with Crippen molar-refractivity contribution >= 4 is 67.9 Å². The fraction of sp³-hybridized carbons (Fsp3) is 0.429. The van der Waals surface area contributed by atoms with Crippen molar-refractivity contribution in [1.29, 1.82) is 0 Å². The molecule has 0 unspecified atom stereocenters. The number of amides is 1. The summed E-state index contributed by atoms with van der Waals surface area (Å²) in [6.45, 7) is 11.9. The molecule has 0 saturated heterocycles. The van der Waals surface area contributed by atoms with Gasteiger partial charge in [0.25, 0.3) is 0 Å². The maximum Gasteiger partial charge on any atom is 0.234 e. The van der Waals surface area contributed by atoms with Crippen LogP contribution in [0.2, 0.25) is 4.34 Å². The van der Waals surface area contributed by atoms with Gasteiger partial charge in [-0.1, -0.05) is 48.9 Å². The fourth-order valence-corrected chi connectivity index (χ4v) is 5.40. The minimum absolute atomic E-state index is 0. The van der Waals surface area contributed by atoms with Crippen LogP contribution in [0.15, 0.2) is 24.3 Å². The summed E-state index contributed by atoms with van der Waals surface area (Å²) in [7, 11) is 0. The first kappa shape index (κ1) is 24.1. The number of hydrogen-bond acceptors (Lipinski definition) is 5. The molecule has 3 aromatic rings. The summed E-state index contributed by atoms with van der Waals surface area (Å²) < 4.78 is 1.87. The predicted octanol–water partition coefficient (Wildman–Crippen LogP) is 5.97. The molecule has 1 amide bonds. The van der Waals surface area contributed by atoms with E-state index >= 15 is 0 Å². The molecular weight excluding hydrogens is 445 g/mol. The largest absolute Gasteiger partial charge is 0.302 e. The second kappa shape index (κ2) is 10.7. The number of anilines is 1. The average molecular weight is 473 g/mol. The van der Waals surface area contributed by atoms with Crippen molar-refractivity contribution in [3.05, 3.63) is 44.6 Å². The smallest absolute Gasteiger partial charge is 0.234 e. The lowest BCUT2D eigenvalue weighted by Gasteiger charge is -2.24. The zero-order valence-electron chi connectivity index (χ0n) is 17.2. The number of thiophene rings is 1. The lowest BCUT2D eigenvalue weighted by atomic mass is 10.1. The van der Waals surface area contributed by atoms with E-state index in [2.05, 4.69) is 44.7 Å². The molecule has 158 valence electrons. The summed E-state index contributed by atoms with van der Waals surface area (Å²) >= 11 is 9.12. The molecular formula is C21H27Cl2N3OS2. The second-order valence-electron chi connectivity index (χ2n) is 6.83. The minimum atomic E-state index is 0. The van der Waals surface area contributed by atoms with Gasteiger partial charge in [-0.15, -0.1) is 23.7 Å². The van der Waals surface area contributed by atoms with Crippen molar-refractivity contribution in [2.75, 3.05) is 31.1 Å². The Balaban J connectivity index is 0.00000300. The van der Waals surface area contributed by atoms with Crippen LogP contribution < -0.4 is 4.90 Å². The number of aromatic nitrogens is 1. The fourth-order valence-electron chi connectivity index (χ4n) is 3.16. The van der Waals surface area contributed by atoms with Crippen LogP contribution in [0, 0.1) is 13.8 Å². The Labute approximate surface area is 191 Å². The molecule has 2 heterocycles. The van der Waals surface area contributed by atoms with E-state index in [1.165, 1.54) is 16.9 Å². The standard InChI is InChI=1S/C21H26ClN3OS2.ClH/c1-5-24(6-2)11-12-25(18(26)13-16-9-10-17(22)27-16)21-23-19-14(3)7-8-15(4)20(19)28-21;/h7-10H,5-6,11-13H2,1-4H3;1H.